The van der Waals surface area contributed by atoms with Crippen LogP contribution in [0.25, 0.3) is 0 Å². The Morgan fingerprint density at radius 1 is 1.40 bits per heavy atom. The average Bonchev–Trinajstić information content (AvgIpc) is 3.21. The fourth-order valence-corrected chi connectivity index (χ4v) is 3.62. The van der Waals surface area contributed by atoms with Gasteiger partial charge in [-0.3, -0.25) is 4.79 Å². The topological polar surface area (TPSA) is 73.8 Å². The van der Waals surface area contributed by atoms with Gasteiger partial charge in [-0.15, -0.1) is 10.2 Å². The zero-order valence-corrected chi connectivity index (χ0v) is 12.3. The van der Waals surface area contributed by atoms with Gasteiger partial charge in [0.15, 0.2) is 5.16 Å². The van der Waals surface area contributed by atoms with Crippen molar-refractivity contribution in [2.24, 2.45) is 5.73 Å². The van der Waals surface area contributed by atoms with E-state index in [0.29, 0.717) is 24.1 Å². The van der Waals surface area contributed by atoms with Crippen molar-refractivity contribution in [2.75, 3.05) is 0 Å². The molecule has 1 atom stereocenters. The normalized spacial score (nSPS) is 22.1. The van der Waals surface area contributed by atoms with Crippen LogP contribution in [-0.2, 0) is 11.3 Å². The van der Waals surface area contributed by atoms with E-state index in [9.17, 15) is 4.79 Å². The molecule has 1 amide bonds. The van der Waals surface area contributed by atoms with Gasteiger partial charge in [0.1, 0.15) is 5.82 Å². The number of hydrogen-bond acceptors (Lipinski definition) is 4. The zero-order chi connectivity index (χ0) is 13.9. The molecule has 2 aliphatic rings. The maximum absolute atomic E-state index is 11.0. The van der Waals surface area contributed by atoms with Gasteiger partial charge in [0.25, 0.3) is 0 Å². The molecular formula is C14H20N4OS. The maximum Gasteiger partial charge on any atom is 0.219 e. The third-order valence-electron chi connectivity index (χ3n) is 3.74. The number of allylic oxidation sites excluding steroid dienone is 1. The van der Waals surface area contributed by atoms with Gasteiger partial charge >= 0.3 is 0 Å². The smallest absolute Gasteiger partial charge is 0.219 e. The Morgan fingerprint density at radius 2 is 2.25 bits per heavy atom. The molecule has 0 radical (unpaired) electrons. The van der Waals surface area contributed by atoms with Crippen LogP contribution in [0.3, 0.4) is 0 Å². The van der Waals surface area contributed by atoms with Crippen molar-refractivity contribution in [3.05, 3.63) is 18.0 Å². The summed E-state index contributed by atoms with van der Waals surface area (Å²) in [6.07, 6.45) is 10.8. The third-order valence-corrected chi connectivity index (χ3v) is 4.95. The lowest BCUT2D eigenvalue weighted by molar-refractivity contribution is -0.118. The van der Waals surface area contributed by atoms with Gasteiger partial charge < -0.3 is 10.3 Å². The quantitative estimate of drug-likeness (QED) is 0.816. The molecule has 1 heterocycles. The average molecular weight is 292 g/mol. The summed E-state index contributed by atoms with van der Waals surface area (Å²) in [5, 5.41) is 10.1. The maximum atomic E-state index is 11.0. The first-order valence-corrected chi connectivity index (χ1v) is 8.16. The molecule has 2 aliphatic carbocycles. The Labute approximate surface area is 123 Å². The fourth-order valence-electron chi connectivity index (χ4n) is 2.48. The summed E-state index contributed by atoms with van der Waals surface area (Å²) in [7, 11) is 0. The summed E-state index contributed by atoms with van der Waals surface area (Å²) in [6, 6.07) is 0. The number of nitrogens with zero attached hydrogens (tertiary/aromatic N) is 3. The molecule has 6 heteroatoms. The Bertz CT molecular complexity index is 521. The molecule has 5 nitrogen and oxygen atoms in total. The number of hydrogen-bond donors (Lipinski definition) is 1. The number of thioether (sulfide) groups is 1. The largest absolute Gasteiger partial charge is 0.370 e. The number of carbonyl (C=O) groups excluding carboxylic acids is 1. The first kappa shape index (κ1) is 13.7. The summed E-state index contributed by atoms with van der Waals surface area (Å²) in [4.78, 5) is 11.0. The molecule has 3 rings (SSSR count). The first-order chi connectivity index (χ1) is 9.74. The zero-order valence-electron chi connectivity index (χ0n) is 11.5. The van der Waals surface area contributed by atoms with Crippen LogP contribution in [0.15, 0.2) is 17.3 Å². The van der Waals surface area contributed by atoms with Gasteiger partial charge in [0.2, 0.25) is 5.91 Å². The van der Waals surface area contributed by atoms with Crippen molar-refractivity contribution in [1.82, 2.24) is 14.8 Å². The number of primary amides is 1. The molecule has 0 saturated heterocycles. The summed E-state index contributed by atoms with van der Waals surface area (Å²) in [5.41, 5.74) is 5.27. The minimum absolute atomic E-state index is 0.269. The van der Waals surface area contributed by atoms with Gasteiger partial charge in [-0.1, -0.05) is 23.9 Å². The molecule has 0 unspecified atom stereocenters. The highest BCUT2D eigenvalue weighted by Crippen LogP contribution is 2.40. The summed E-state index contributed by atoms with van der Waals surface area (Å²) in [5.74, 6) is 1.30. The highest BCUT2D eigenvalue weighted by molar-refractivity contribution is 7.99. The molecule has 0 aromatic carbocycles. The predicted molar refractivity (Wildman–Crippen MR) is 78.4 cm³/mol. The minimum atomic E-state index is -0.269. The number of aromatic nitrogens is 3. The van der Waals surface area contributed by atoms with Crippen LogP contribution >= 0.6 is 11.8 Å². The summed E-state index contributed by atoms with van der Waals surface area (Å²) >= 11 is 1.76. The van der Waals surface area contributed by atoms with Gasteiger partial charge in [0.05, 0.1) is 0 Å². The van der Waals surface area contributed by atoms with E-state index in [4.69, 9.17) is 5.73 Å². The van der Waals surface area contributed by atoms with E-state index >= 15 is 0 Å². The van der Waals surface area contributed by atoms with E-state index in [1.54, 1.807) is 11.8 Å². The van der Waals surface area contributed by atoms with Crippen molar-refractivity contribution in [2.45, 2.75) is 61.4 Å². The standard InChI is InChI=1S/C14H20N4OS/c15-12(19)8-9-18-13(10-6-7-10)16-17-14(18)20-11-4-2-1-3-5-11/h2,4,10-11H,1,3,5-9H2,(H2,15,19)/t11-/m0/s1. The first-order valence-electron chi connectivity index (χ1n) is 7.29. The molecule has 1 fully saturated rings. The molecular weight excluding hydrogens is 272 g/mol. The van der Waals surface area contributed by atoms with Crippen LogP contribution < -0.4 is 5.73 Å². The van der Waals surface area contributed by atoms with E-state index in [-0.39, 0.29) is 5.91 Å². The van der Waals surface area contributed by atoms with Crippen molar-refractivity contribution in [1.29, 1.82) is 0 Å². The third kappa shape index (κ3) is 3.23. The van der Waals surface area contributed by atoms with Crippen LogP contribution in [0.2, 0.25) is 0 Å². The molecule has 1 aromatic rings. The van der Waals surface area contributed by atoms with Crippen LogP contribution in [0.5, 0.6) is 0 Å². The molecule has 0 aliphatic heterocycles. The van der Waals surface area contributed by atoms with Crippen molar-refractivity contribution in [3.63, 3.8) is 0 Å². The lowest BCUT2D eigenvalue weighted by atomic mass is 10.1. The molecule has 2 N–H and O–H groups in total. The number of nitrogens with two attached hydrogens (primary N) is 1. The molecule has 20 heavy (non-hydrogen) atoms. The summed E-state index contributed by atoms with van der Waals surface area (Å²) in [6.45, 7) is 0.604. The number of amides is 1. The Balaban J connectivity index is 1.76. The monoisotopic (exact) mass is 292 g/mol. The second kappa shape index (κ2) is 5.99. The fraction of sp³-hybridized carbons (Fsp3) is 0.643. The number of rotatable bonds is 6. The molecule has 0 spiro atoms. The van der Waals surface area contributed by atoms with Crippen LogP contribution in [0.4, 0.5) is 0 Å². The minimum Gasteiger partial charge on any atom is -0.370 e. The Hall–Kier alpha value is -1.30. The van der Waals surface area contributed by atoms with E-state index in [2.05, 4.69) is 26.9 Å². The van der Waals surface area contributed by atoms with E-state index in [0.717, 1.165) is 11.0 Å². The Kier molecular flexibility index (Phi) is 4.10. The molecule has 0 bridgehead atoms. The SMILES string of the molecule is NC(=O)CCn1c(S[C@H]2C=CCCC2)nnc1C1CC1. The predicted octanol–water partition coefficient (Wildman–Crippen LogP) is 2.23. The van der Waals surface area contributed by atoms with Gasteiger partial charge in [-0.25, -0.2) is 0 Å². The summed E-state index contributed by atoms with van der Waals surface area (Å²) < 4.78 is 2.11. The van der Waals surface area contributed by atoms with Crippen LogP contribution in [0, 0.1) is 0 Å². The second-order valence-electron chi connectivity index (χ2n) is 5.50. The lowest BCUT2D eigenvalue weighted by Gasteiger charge is -2.16. The van der Waals surface area contributed by atoms with Crippen molar-refractivity contribution in [3.8, 4) is 0 Å². The number of carbonyl (C=O) groups is 1. The van der Waals surface area contributed by atoms with Gasteiger partial charge in [-0.2, -0.15) is 0 Å². The van der Waals surface area contributed by atoms with Crippen LogP contribution in [-0.4, -0.2) is 25.9 Å². The van der Waals surface area contributed by atoms with Gasteiger partial charge in [0, 0.05) is 24.1 Å². The second-order valence-corrected chi connectivity index (χ2v) is 6.70. The lowest BCUT2D eigenvalue weighted by Crippen LogP contribution is -2.16. The van der Waals surface area contributed by atoms with Crippen LogP contribution in [0.1, 0.15) is 50.3 Å². The van der Waals surface area contributed by atoms with Crippen molar-refractivity contribution >= 4 is 17.7 Å². The highest BCUT2D eigenvalue weighted by atomic mass is 32.2. The van der Waals surface area contributed by atoms with Gasteiger partial charge in [-0.05, 0) is 32.1 Å². The Morgan fingerprint density at radius 3 is 2.90 bits per heavy atom. The van der Waals surface area contributed by atoms with Crippen molar-refractivity contribution < 1.29 is 4.79 Å². The van der Waals surface area contributed by atoms with E-state index in [1.807, 2.05) is 0 Å². The molecule has 1 saturated carbocycles. The highest BCUT2D eigenvalue weighted by Gasteiger charge is 2.30. The van der Waals surface area contributed by atoms with E-state index in [1.165, 1.54) is 32.1 Å². The molecule has 1 aromatic heterocycles. The molecule has 108 valence electrons. The van der Waals surface area contributed by atoms with E-state index < -0.39 is 0 Å².